The maximum atomic E-state index is 11.6. The normalized spacial score (nSPS) is 16.9. The van der Waals surface area contributed by atoms with Crippen molar-refractivity contribution in [1.29, 1.82) is 0 Å². The third-order valence-electron chi connectivity index (χ3n) is 6.29. The van der Waals surface area contributed by atoms with Gasteiger partial charge < -0.3 is 29.4 Å². The third-order valence-corrected chi connectivity index (χ3v) is 6.90. The molecule has 1 aliphatic rings. The van der Waals surface area contributed by atoms with Crippen molar-refractivity contribution in [2.45, 2.75) is 12.1 Å². The van der Waals surface area contributed by atoms with Gasteiger partial charge in [-0.15, -0.1) is 0 Å². The van der Waals surface area contributed by atoms with Crippen LogP contribution in [-0.2, 0) is 4.74 Å². The molecule has 2 aromatic carbocycles. The zero-order valence-electron chi connectivity index (χ0n) is 20.5. The molecular formula is C28H25ClN4O4S. The highest BCUT2D eigenvalue weighted by Crippen LogP contribution is 2.43. The predicted octanol–water partition coefficient (Wildman–Crippen LogP) is 5.43. The van der Waals surface area contributed by atoms with Crippen molar-refractivity contribution in [2.75, 3.05) is 25.2 Å². The van der Waals surface area contributed by atoms with Crippen molar-refractivity contribution >= 4 is 40.6 Å². The minimum atomic E-state index is -0.986. The number of anilines is 1. The number of ether oxygens (including phenoxy) is 2. The van der Waals surface area contributed by atoms with E-state index in [1.165, 1.54) is 0 Å². The highest BCUT2D eigenvalue weighted by Gasteiger charge is 2.42. The number of hydrogen-bond acceptors (Lipinski definition) is 5. The van der Waals surface area contributed by atoms with Crippen LogP contribution in [0.3, 0.4) is 0 Å². The first kappa shape index (κ1) is 25.7. The number of methoxy groups -OCH3 is 1. The van der Waals surface area contributed by atoms with E-state index in [0.29, 0.717) is 29.1 Å². The first-order valence-electron chi connectivity index (χ1n) is 11.9. The van der Waals surface area contributed by atoms with E-state index in [0.717, 1.165) is 22.8 Å². The molecule has 0 spiro atoms. The average molecular weight is 549 g/mol. The molecule has 0 amide bonds. The lowest BCUT2D eigenvalue weighted by atomic mass is 10.0. The van der Waals surface area contributed by atoms with Crippen molar-refractivity contribution < 1.29 is 19.4 Å². The SMILES string of the molecule is COCCOc1ccc(N2C(=S)N[C@@H](c3ccccn3)[C@@H]2c2cccn2-c2cccc(C(=O)O)c2)cc1Cl. The van der Waals surface area contributed by atoms with Crippen LogP contribution in [0.4, 0.5) is 5.69 Å². The van der Waals surface area contributed by atoms with E-state index < -0.39 is 5.97 Å². The Morgan fingerprint density at radius 2 is 1.95 bits per heavy atom. The van der Waals surface area contributed by atoms with Gasteiger partial charge >= 0.3 is 5.97 Å². The Morgan fingerprint density at radius 3 is 2.68 bits per heavy atom. The van der Waals surface area contributed by atoms with Gasteiger partial charge in [-0.2, -0.15) is 0 Å². The summed E-state index contributed by atoms with van der Waals surface area (Å²) in [6.45, 7) is 0.832. The summed E-state index contributed by atoms with van der Waals surface area (Å²) in [5.41, 5.74) is 3.42. The third kappa shape index (κ3) is 5.08. The molecule has 194 valence electrons. The Labute approximate surface area is 230 Å². The average Bonchev–Trinajstić information content (AvgIpc) is 3.54. The second-order valence-corrected chi connectivity index (χ2v) is 9.41. The fraction of sp³-hybridized carbons (Fsp3) is 0.179. The minimum absolute atomic E-state index is 0.205. The standard InChI is InChI=1S/C28H25ClN4O4S/c1-36-14-15-37-24-11-10-20(17-21(24)29)33-26(25(31-28(33)38)22-8-2-3-12-30-22)23-9-5-13-32(23)19-7-4-6-18(16-19)27(34)35/h2-13,16-17,25-26H,14-15H2,1H3,(H,31,38)(H,34,35)/t25-,26-/m0/s1. The molecule has 0 radical (unpaired) electrons. The van der Waals surface area contributed by atoms with Crippen molar-refractivity contribution in [3.63, 3.8) is 0 Å². The fourth-order valence-corrected chi connectivity index (χ4v) is 5.16. The molecule has 3 heterocycles. The number of hydrogen-bond donors (Lipinski definition) is 2. The van der Waals surface area contributed by atoms with Crippen LogP contribution in [0.2, 0.25) is 5.02 Å². The zero-order chi connectivity index (χ0) is 26.6. The second kappa shape index (κ2) is 11.2. The van der Waals surface area contributed by atoms with E-state index in [9.17, 15) is 9.90 Å². The van der Waals surface area contributed by atoms with E-state index in [4.69, 9.17) is 33.3 Å². The number of carbonyl (C=O) groups is 1. The Morgan fingerprint density at radius 1 is 1.08 bits per heavy atom. The number of halogens is 1. The minimum Gasteiger partial charge on any atom is -0.490 e. The van der Waals surface area contributed by atoms with Gasteiger partial charge in [0, 0.05) is 36.6 Å². The smallest absolute Gasteiger partial charge is 0.335 e. The van der Waals surface area contributed by atoms with Gasteiger partial charge in [-0.25, -0.2) is 4.79 Å². The summed E-state index contributed by atoms with van der Waals surface area (Å²) in [6, 6.07) is 21.5. The summed E-state index contributed by atoms with van der Waals surface area (Å²) in [6.07, 6.45) is 3.66. The summed E-state index contributed by atoms with van der Waals surface area (Å²) in [7, 11) is 1.61. The Kier molecular flexibility index (Phi) is 7.59. The molecule has 8 nitrogen and oxygen atoms in total. The molecule has 1 saturated heterocycles. The van der Waals surface area contributed by atoms with Crippen LogP contribution in [0.15, 0.2) is 85.2 Å². The van der Waals surface area contributed by atoms with Gasteiger partial charge in [0.2, 0.25) is 0 Å². The molecule has 38 heavy (non-hydrogen) atoms. The molecule has 0 bridgehead atoms. The second-order valence-electron chi connectivity index (χ2n) is 8.61. The van der Waals surface area contributed by atoms with Gasteiger partial charge in [-0.05, 0) is 72.9 Å². The van der Waals surface area contributed by atoms with Gasteiger partial charge in [0.1, 0.15) is 18.4 Å². The summed E-state index contributed by atoms with van der Waals surface area (Å²) in [4.78, 5) is 18.3. The van der Waals surface area contributed by atoms with Crippen LogP contribution in [0.1, 0.15) is 33.8 Å². The predicted molar refractivity (Wildman–Crippen MR) is 149 cm³/mol. The lowest BCUT2D eigenvalue weighted by molar-refractivity contribution is 0.0697. The number of aromatic nitrogens is 2. The summed E-state index contributed by atoms with van der Waals surface area (Å²) in [5, 5.41) is 13.9. The number of nitrogens with zero attached hydrogens (tertiary/aromatic N) is 3. The maximum Gasteiger partial charge on any atom is 0.335 e. The Hall–Kier alpha value is -3.92. The van der Waals surface area contributed by atoms with Gasteiger partial charge in [-0.3, -0.25) is 4.98 Å². The fourth-order valence-electron chi connectivity index (χ4n) is 4.58. The summed E-state index contributed by atoms with van der Waals surface area (Å²) < 4.78 is 12.8. The van der Waals surface area contributed by atoms with Crippen molar-refractivity contribution in [3.8, 4) is 11.4 Å². The molecule has 0 saturated carbocycles. The van der Waals surface area contributed by atoms with Gasteiger partial charge in [0.15, 0.2) is 5.11 Å². The van der Waals surface area contributed by atoms with Gasteiger partial charge in [-0.1, -0.05) is 23.7 Å². The van der Waals surface area contributed by atoms with Crippen LogP contribution in [0, 0.1) is 0 Å². The first-order chi connectivity index (χ1) is 18.5. The van der Waals surface area contributed by atoms with Crippen LogP contribution in [0.5, 0.6) is 5.75 Å². The number of benzene rings is 2. The molecule has 2 aromatic heterocycles. The topological polar surface area (TPSA) is 88.9 Å². The molecule has 1 aliphatic heterocycles. The van der Waals surface area contributed by atoms with E-state index in [1.54, 1.807) is 31.5 Å². The van der Waals surface area contributed by atoms with Crippen LogP contribution >= 0.6 is 23.8 Å². The Balaban J connectivity index is 1.59. The molecular weight excluding hydrogens is 524 g/mol. The number of aromatic carboxylic acids is 1. The lowest BCUT2D eigenvalue weighted by Crippen LogP contribution is -2.30. The molecule has 4 aromatic rings. The Bertz CT molecular complexity index is 1460. The quantitative estimate of drug-likeness (QED) is 0.211. The van der Waals surface area contributed by atoms with Crippen molar-refractivity contribution in [2.24, 2.45) is 0 Å². The molecule has 0 aliphatic carbocycles. The van der Waals surface area contributed by atoms with Crippen LogP contribution in [-0.4, -0.2) is 46.1 Å². The lowest BCUT2D eigenvalue weighted by Gasteiger charge is -2.29. The van der Waals surface area contributed by atoms with Crippen molar-refractivity contribution in [3.05, 3.63) is 107 Å². The van der Waals surface area contributed by atoms with Gasteiger partial charge in [0.05, 0.1) is 28.9 Å². The highest BCUT2D eigenvalue weighted by atomic mass is 35.5. The van der Waals surface area contributed by atoms with Crippen molar-refractivity contribution in [1.82, 2.24) is 14.9 Å². The molecule has 1 fully saturated rings. The van der Waals surface area contributed by atoms with E-state index >= 15 is 0 Å². The number of pyridine rings is 1. The monoisotopic (exact) mass is 548 g/mol. The first-order valence-corrected chi connectivity index (χ1v) is 12.7. The van der Waals surface area contributed by atoms with E-state index in [1.807, 2.05) is 70.3 Å². The number of carboxylic acid groups (broad SMARTS) is 1. The van der Waals surface area contributed by atoms with Crippen LogP contribution in [0.25, 0.3) is 5.69 Å². The van der Waals surface area contributed by atoms with Crippen LogP contribution < -0.4 is 15.0 Å². The molecule has 2 atom stereocenters. The number of thiocarbonyl (C=S) groups is 1. The summed E-state index contributed by atoms with van der Waals surface area (Å²) >= 11 is 12.4. The number of nitrogens with one attached hydrogen (secondary N) is 1. The molecule has 5 rings (SSSR count). The largest absolute Gasteiger partial charge is 0.490 e. The van der Waals surface area contributed by atoms with E-state index in [-0.39, 0.29) is 17.6 Å². The number of carboxylic acids is 1. The molecule has 10 heteroatoms. The zero-order valence-corrected chi connectivity index (χ0v) is 22.0. The van der Waals surface area contributed by atoms with Gasteiger partial charge in [0.25, 0.3) is 0 Å². The molecule has 0 unspecified atom stereocenters. The maximum absolute atomic E-state index is 11.6. The summed E-state index contributed by atoms with van der Waals surface area (Å²) in [5.74, 6) is -0.433. The number of rotatable bonds is 9. The van der Waals surface area contributed by atoms with E-state index in [2.05, 4.69) is 10.3 Å². The molecule has 2 N–H and O–H groups in total. The highest BCUT2D eigenvalue weighted by molar-refractivity contribution is 7.80.